The number of carboxylic acids is 1. The standard InChI is InChI=1S/C16H15FO4/c17-14-9-11(5-6-13(14)16(19)20)10-21-15-4-2-1-3-12(15)7-8-18/h1-6,9,18H,7-8,10H2,(H,19,20). The van der Waals surface area contributed by atoms with E-state index in [1.54, 1.807) is 6.07 Å². The summed E-state index contributed by atoms with van der Waals surface area (Å²) in [6.07, 6.45) is 0.475. The van der Waals surface area contributed by atoms with Crippen LogP contribution in [-0.2, 0) is 13.0 Å². The second kappa shape index (κ2) is 6.85. The van der Waals surface area contributed by atoms with E-state index < -0.39 is 11.8 Å². The van der Waals surface area contributed by atoms with Gasteiger partial charge in [0.15, 0.2) is 0 Å². The fourth-order valence-corrected chi connectivity index (χ4v) is 1.95. The molecule has 0 saturated heterocycles. The van der Waals surface area contributed by atoms with Crippen LogP contribution in [0.4, 0.5) is 4.39 Å². The quantitative estimate of drug-likeness (QED) is 0.858. The maximum atomic E-state index is 13.6. The van der Waals surface area contributed by atoms with Crippen molar-refractivity contribution in [3.05, 3.63) is 65.0 Å². The molecule has 2 N–H and O–H groups in total. The average Bonchev–Trinajstić information content (AvgIpc) is 2.46. The molecule has 0 heterocycles. The first-order valence-corrected chi connectivity index (χ1v) is 6.45. The van der Waals surface area contributed by atoms with Gasteiger partial charge < -0.3 is 14.9 Å². The van der Waals surface area contributed by atoms with Crippen LogP contribution in [-0.4, -0.2) is 22.8 Å². The molecule has 0 aromatic heterocycles. The number of aliphatic hydroxyl groups excluding tert-OH is 1. The van der Waals surface area contributed by atoms with Gasteiger partial charge in [0.05, 0.1) is 5.56 Å². The van der Waals surface area contributed by atoms with E-state index in [-0.39, 0.29) is 18.8 Å². The van der Waals surface area contributed by atoms with Crippen molar-refractivity contribution < 1.29 is 24.1 Å². The smallest absolute Gasteiger partial charge is 0.338 e. The maximum absolute atomic E-state index is 13.6. The van der Waals surface area contributed by atoms with E-state index in [9.17, 15) is 9.18 Å². The Bertz CT molecular complexity index is 640. The van der Waals surface area contributed by atoms with E-state index in [4.69, 9.17) is 14.9 Å². The van der Waals surface area contributed by atoms with Gasteiger partial charge in [0.1, 0.15) is 18.2 Å². The number of halogens is 1. The molecule has 4 nitrogen and oxygen atoms in total. The van der Waals surface area contributed by atoms with Gasteiger partial charge in [-0.15, -0.1) is 0 Å². The zero-order valence-corrected chi connectivity index (χ0v) is 11.3. The lowest BCUT2D eigenvalue weighted by atomic mass is 10.1. The van der Waals surface area contributed by atoms with Gasteiger partial charge in [-0.1, -0.05) is 24.3 Å². The number of para-hydroxylation sites is 1. The number of carboxylic acid groups (broad SMARTS) is 1. The molecule has 0 saturated carbocycles. The maximum Gasteiger partial charge on any atom is 0.338 e. The Hall–Kier alpha value is -2.40. The first-order valence-electron chi connectivity index (χ1n) is 6.45. The van der Waals surface area contributed by atoms with E-state index in [0.717, 1.165) is 11.6 Å². The lowest BCUT2D eigenvalue weighted by Crippen LogP contribution is -2.04. The summed E-state index contributed by atoms with van der Waals surface area (Å²) in [6, 6.07) is 11.2. The number of rotatable bonds is 6. The summed E-state index contributed by atoms with van der Waals surface area (Å²) in [4.78, 5) is 10.7. The van der Waals surface area contributed by atoms with E-state index >= 15 is 0 Å². The molecule has 110 valence electrons. The number of carbonyl (C=O) groups is 1. The Morgan fingerprint density at radius 2 is 1.95 bits per heavy atom. The number of aromatic carboxylic acids is 1. The van der Waals surface area contributed by atoms with Gasteiger partial charge in [0.25, 0.3) is 0 Å². The second-order valence-electron chi connectivity index (χ2n) is 4.49. The first kappa shape index (κ1) is 15.0. The molecule has 2 aromatic rings. The van der Waals surface area contributed by atoms with Gasteiger partial charge in [-0.25, -0.2) is 9.18 Å². The highest BCUT2D eigenvalue weighted by Crippen LogP contribution is 2.20. The molecule has 0 unspecified atom stereocenters. The first-order chi connectivity index (χ1) is 10.1. The molecule has 2 aromatic carbocycles. The third-order valence-electron chi connectivity index (χ3n) is 3.01. The van der Waals surface area contributed by atoms with Gasteiger partial charge >= 0.3 is 5.97 Å². The van der Waals surface area contributed by atoms with Crippen molar-refractivity contribution >= 4 is 5.97 Å². The largest absolute Gasteiger partial charge is 0.489 e. The highest BCUT2D eigenvalue weighted by molar-refractivity contribution is 5.87. The van der Waals surface area contributed by atoms with Gasteiger partial charge in [-0.3, -0.25) is 0 Å². The van der Waals surface area contributed by atoms with E-state index in [1.807, 2.05) is 18.2 Å². The molecule has 0 atom stereocenters. The topological polar surface area (TPSA) is 66.8 Å². The van der Waals surface area contributed by atoms with Crippen LogP contribution in [0.5, 0.6) is 5.75 Å². The van der Waals surface area contributed by atoms with Gasteiger partial charge in [-0.05, 0) is 35.7 Å². The summed E-state index contributed by atoms with van der Waals surface area (Å²) in [5.74, 6) is -1.46. The van der Waals surface area contributed by atoms with Crippen molar-refractivity contribution in [3.63, 3.8) is 0 Å². The molecule has 0 radical (unpaired) electrons. The van der Waals surface area contributed by atoms with Gasteiger partial charge in [0, 0.05) is 6.61 Å². The van der Waals surface area contributed by atoms with Gasteiger partial charge in [0.2, 0.25) is 0 Å². The summed E-state index contributed by atoms with van der Waals surface area (Å²) < 4.78 is 19.2. The number of ether oxygens (including phenoxy) is 1. The molecule has 0 aliphatic rings. The number of benzene rings is 2. The van der Waals surface area contributed by atoms with Crippen molar-refractivity contribution in [2.24, 2.45) is 0 Å². The minimum atomic E-state index is -1.30. The van der Waals surface area contributed by atoms with Crippen LogP contribution < -0.4 is 4.74 Å². The van der Waals surface area contributed by atoms with Crippen LogP contribution in [0.3, 0.4) is 0 Å². The second-order valence-corrected chi connectivity index (χ2v) is 4.49. The summed E-state index contributed by atoms with van der Waals surface area (Å²) in [7, 11) is 0. The van der Waals surface area contributed by atoms with Gasteiger partial charge in [-0.2, -0.15) is 0 Å². The Balaban J connectivity index is 2.10. The molecule has 0 bridgehead atoms. The summed E-state index contributed by atoms with van der Waals surface area (Å²) in [6.45, 7) is 0.140. The minimum absolute atomic E-state index is 0.0162. The molecule has 2 rings (SSSR count). The molecule has 0 amide bonds. The van der Waals surface area contributed by atoms with Crippen LogP contribution in [0, 0.1) is 5.82 Å². The molecule has 21 heavy (non-hydrogen) atoms. The fraction of sp³-hybridized carbons (Fsp3) is 0.188. The van der Waals surface area contributed by atoms with E-state index in [0.29, 0.717) is 17.7 Å². The third kappa shape index (κ3) is 3.79. The normalized spacial score (nSPS) is 10.4. The Morgan fingerprint density at radius 3 is 2.62 bits per heavy atom. The van der Waals surface area contributed by atoms with Crippen LogP contribution in [0.2, 0.25) is 0 Å². The highest BCUT2D eigenvalue weighted by atomic mass is 19.1. The van der Waals surface area contributed by atoms with Crippen molar-refractivity contribution in [2.75, 3.05) is 6.61 Å². The van der Waals surface area contributed by atoms with Crippen molar-refractivity contribution in [1.29, 1.82) is 0 Å². The third-order valence-corrected chi connectivity index (χ3v) is 3.01. The monoisotopic (exact) mass is 290 g/mol. The Morgan fingerprint density at radius 1 is 1.19 bits per heavy atom. The Labute approximate surface area is 121 Å². The van der Waals surface area contributed by atoms with Crippen LogP contribution in [0.25, 0.3) is 0 Å². The van der Waals surface area contributed by atoms with Crippen LogP contribution in [0.1, 0.15) is 21.5 Å². The number of hydrogen-bond donors (Lipinski definition) is 2. The minimum Gasteiger partial charge on any atom is -0.489 e. The van der Waals surface area contributed by atoms with Crippen LogP contribution in [0.15, 0.2) is 42.5 Å². The fourth-order valence-electron chi connectivity index (χ4n) is 1.95. The lowest BCUT2D eigenvalue weighted by molar-refractivity contribution is 0.0692. The molecular formula is C16H15FO4. The summed E-state index contributed by atoms with van der Waals surface area (Å²) in [5.41, 5.74) is 1.04. The summed E-state index contributed by atoms with van der Waals surface area (Å²) in [5, 5.41) is 17.8. The number of aliphatic hydroxyl groups is 1. The summed E-state index contributed by atoms with van der Waals surface area (Å²) >= 11 is 0. The SMILES string of the molecule is O=C(O)c1ccc(COc2ccccc2CCO)cc1F. The predicted octanol–water partition coefficient (Wildman–Crippen LogP) is 2.64. The Kier molecular flexibility index (Phi) is 4.90. The molecule has 0 spiro atoms. The van der Waals surface area contributed by atoms with Crippen molar-refractivity contribution in [3.8, 4) is 5.75 Å². The molecular weight excluding hydrogens is 275 g/mol. The van der Waals surface area contributed by atoms with Crippen LogP contribution >= 0.6 is 0 Å². The highest BCUT2D eigenvalue weighted by Gasteiger charge is 2.11. The van der Waals surface area contributed by atoms with Crippen molar-refractivity contribution in [2.45, 2.75) is 13.0 Å². The average molecular weight is 290 g/mol. The lowest BCUT2D eigenvalue weighted by Gasteiger charge is -2.11. The van der Waals surface area contributed by atoms with Crippen molar-refractivity contribution in [1.82, 2.24) is 0 Å². The zero-order valence-electron chi connectivity index (χ0n) is 11.3. The van der Waals surface area contributed by atoms with E-state index in [2.05, 4.69) is 0 Å². The zero-order chi connectivity index (χ0) is 15.2. The molecule has 5 heteroatoms. The molecule has 0 fully saturated rings. The molecule has 0 aliphatic carbocycles. The van der Waals surface area contributed by atoms with E-state index in [1.165, 1.54) is 12.1 Å². The molecule has 0 aliphatic heterocycles. The predicted molar refractivity (Wildman–Crippen MR) is 74.9 cm³/mol. The number of hydrogen-bond acceptors (Lipinski definition) is 3.